The lowest BCUT2D eigenvalue weighted by atomic mass is 9.39. The molecule has 6 fully saturated rings. The Kier molecular flexibility index (Phi) is 15.4. The predicted octanol–water partition coefficient (Wildman–Crippen LogP) is -1.45. The summed E-state index contributed by atoms with van der Waals surface area (Å²) in [5, 5.41) is 139. The van der Waals surface area contributed by atoms with Crippen LogP contribution in [0.5, 0.6) is 0 Å². The average Bonchev–Trinajstić information content (AvgIpc) is 3.54. The predicted molar refractivity (Wildman–Crippen MR) is 230 cm³/mol. The summed E-state index contributed by atoms with van der Waals surface area (Å²) in [5.41, 5.74) is -1.27. The summed E-state index contributed by atoms with van der Waals surface area (Å²) in [4.78, 5) is 0. The van der Waals surface area contributed by atoms with Gasteiger partial charge in [0.1, 0.15) is 79.4 Å². The van der Waals surface area contributed by atoms with E-state index in [0.29, 0.717) is 12.3 Å². The second kappa shape index (κ2) is 19.2. The lowest BCUT2D eigenvalue weighted by Crippen LogP contribution is -2.65. The molecule has 0 aromatic carbocycles. The molecule has 0 aromatic heterocycles. The van der Waals surface area contributed by atoms with Crippen LogP contribution in [0.25, 0.3) is 0 Å². The van der Waals surface area contributed by atoms with Gasteiger partial charge >= 0.3 is 0 Å². The molecule has 0 aromatic rings. The maximum atomic E-state index is 11.7. The molecule has 3 aliphatic heterocycles. The van der Waals surface area contributed by atoms with Crippen LogP contribution in [0.2, 0.25) is 0 Å². The van der Waals surface area contributed by atoms with Crippen molar-refractivity contribution >= 4 is 0 Å². The van der Waals surface area contributed by atoms with Crippen molar-refractivity contribution in [2.24, 2.45) is 45.3 Å². The van der Waals surface area contributed by atoms with Crippen molar-refractivity contribution in [1.82, 2.24) is 0 Å². The number of hydrogen-bond acceptors (Lipinski definition) is 19. The number of rotatable bonds is 13. The average molecular weight is 949 g/mol. The largest absolute Gasteiger partial charge is 0.394 e. The molecule has 25 atom stereocenters. The molecule has 66 heavy (non-hydrogen) atoms. The van der Waals surface area contributed by atoms with E-state index in [1.165, 1.54) is 19.4 Å². The van der Waals surface area contributed by atoms with Crippen LogP contribution in [-0.2, 0) is 28.4 Å². The first kappa shape index (κ1) is 52.8. The van der Waals surface area contributed by atoms with E-state index in [4.69, 9.17) is 28.4 Å². The van der Waals surface area contributed by atoms with Crippen molar-refractivity contribution in [3.63, 3.8) is 0 Å². The van der Waals surface area contributed by atoms with E-state index in [9.17, 15) is 66.4 Å². The molecular formula is C47H80O19. The van der Waals surface area contributed by atoms with Crippen LogP contribution in [0.3, 0.4) is 0 Å². The Hall–Kier alpha value is -1.02. The number of ether oxygens (including phenoxy) is 6. The number of fused-ring (bicyclic) bond motifs is 5. The van der Waals surface area contributed by atoms with E-state index in [1.807, 2.05) is 6.92 Å². The molecule has 19 heteroatoms. The molecular weight excluding hydrogens is 868 g/mol. The third-order valence-electron chi connectivity index (χ3n) is 18.4. The topological polar surface area (TPSA) is 318 Å². The maximum Gasteiger partial charge on any atom is 0.187 e. The van der Waals surface area contributed by atoms with E-state index in [0.717, 1.165) is 38.5 Å². The molecule has 382 valence electrons. The highest BCUT2D eigenvalue weighted by molar-refractivity contribution is 5.30. The second-order valence-electron chi connectivity index (χ2n) is 22.8. The third kappa shape index (κ3) is 8.89. The Morgan fingerprint density at radius 3 is 2.00 bits per heavy atom. The van der Waals surface area contributed by atoms with Gasteiger partial charge in [-0.2, -0.15) is 0 Å². The number of allylic oxidation sites excluding steroid dienone is 1. The standard InChI is InChI=1S/C47H80O19/c1-20(29(50)34(55)39(59)44(4,5)60)21-13-14-47(8)27-11-9-22-23(45(27,6)15-16-46(21,47)7)10-12-28(43(22,2)3)65-42-37(58)33(54)38(66-41-35(56)30(51)24(49)18-61-41)26(64-42)19-62-40-36(57)32(53)31(52)25(17-48)63-40/h9,20-21,23-42,48-60H,10-19H2,1-8H3/t20-,21-,23+,24-,25-,26-,27-,28+,29+,30+,31-,32+,33+,34+,35+,36+,37-,38-,39-,40-,41+,42+,45+,46-,47-/m1/s1. The van der Waals surface area contributed by atoms with Gasteiger partial charge in [0.15, 0.2) is 18.9 Å². The van der Waals surface area contributed by atoms with Crippen molar-refractivity contribution in [1.29, 1.82) is 0 Å². The summed E-state index contributed by atoms with van der Waals surface area (Å²) in [7, 11) is 0. The monoisotopic (exact) mass is 949 g/mol. The van der Waals surface area contributed by atoms with Gasteiger partial charge in [-0.15, -0.1) is 0 Å². The molecule has 19 nitrogen and oxygen atoms in total. The first-order valence-corrected chi connectivity index (χ1v) is 24.0. The Labute approximate surface area is 387 Å². The summed E-state index contributed by atoms with van der Waals surface area (Å²) < 4.78 is 35.7. The minimum atomic E-state index is -1.76. The van der Waals surface area contributed by atoms with E-state index in [2.05, 4.69) is 40.7 Å². The van der Waals surface area contributed by atoms with Gasteiger partial charge in [0.05, 0.1) is 37.6 Å². The zero-order valence-corrected chi connectivity index (χ0v) is 39.6. The number of hydrogen-bond donors (Lipinski definition) is 13. The summed E-state index contributed by atoms with van der Waals surface area (Å²) in [6, 6.07) is 0. The van der Waals surface area contributed by atoms with Gasteiger partial charge in [-0.3, -0.25) is 0 Å². The van der Waals surface area contributed by atoms with Gasteiger partial charge in [0.25, 0.3) is 0 Å². The van der Waals surface area contributed by atoms with E-state index >= 15 is 0 Å². The van der Waals surface area contributed by atoms with Crippen LogP contribution in [0.4, 0.5) is 0 Å². The first-order chi connectivity index (χ1) is 30.6. The quantitative estimate of drug-likeness (QED) is 0.0940. The van der Waals surface area contributed by atoms with Crippen molar-refractivity contribution in [2.75, 3.05) is 19.8 Å². The van der Waals surface area contributed by atoms with Gasteiger partial charge in [-0.1, -0.05) is 53.2 Å². The highest BCUT2D eigenvalue weighted by atomic mass is 16.8. The Morgan fingerprint density at radius 2 is 1.35 bits per heavy atom. The van der Waals surface area contributed by atoms with Crippen LogP contribution in [0, 0.1) is 45.3 Å². The zero-order valence-electron chi connectivity index (χ0n) is 39.6. The molecule has 3 saturated carbocycles. The second-order valence-corrected chi connectivity index (χ2v) is 22.8. The Balaban J connectivity index is 1.08. The number of aliphatic hydroxyl groups is 13. The molecule has 3 saturated heterocycles. The summed E-state index contributed by atoms with van der Waals surface area (Å²) in [6.45, 7) is 14.5. The van der Waals surface area contributed by atoms with Crippen LogP contribution in [0.1, 0.15) is 100 Å². The molecule has 7 aliphatic rings. The lowest BCUT2D eigenvalue weighted by molar-refractivity contribution is -0.366. The van der Waals surface area contributed by atoms with Crippen molar-refractivity contribution in [2.45, 2.75) is 216 Å². The van der Waals surface area contributed by atoms with Gasteiger partial charge in [-0.05, 0) is 98.7 Å². The van der Waals surface area contributed by atoms with Crippen LogP contribution in [-0.4, -0.2) is 202 Å². The molecule has 3 heterocycles. The molecule has 0 spiro atoms. The van der Waals surface area contributed by atoms with Gasteiger partial charge in [0.2, 0.25) is 0 Å². The smallest absolute Gasteiger partial charge is 0.187 e. The van der Waals surface area contributed by atoms with E-state index < -0.39 is 141 Å². The molecule has 7 rings (SSSR count). The molecule has 0 amide bonds. The summed E-state index contributed by atoms with van der Waals surface area (Å²) in [5.74, 6) is 0.252. The van der Waals surface area contributed by atoms with E-state index in [-0.39, 0.29) is 34.0 Å². The van der Waals surface area contributed by atoms with Gasteiger partial charge in [-0.25, -0.2) is 0 Å². The summed E-state index contributed by atoms with van der Waals surface area (Å²) >= 11 is 0. The molecule has 0 bridgehead atoms. The van der Waals surface area contributed by atoms with Gasteiger partial charge in [0, 0.05) is 5.41 Å². The van der Waals surface area contributed by atoms with Crippen LogP contribution < -0.4 is 0 Å². The number of aliphatic hydroxyl groups excluding tert-OH is 12. The van der Waals surface area contributed by atoms with E-state index in [1.54, 1.807) is 0 Å². The van der Waals surface area contributed by atoms with Crippen molar-refractivity contribution < 1.29 is 94.8 Å². The SMILES string of the molecule is C[C@@H]([C@H](O)[C@H](O)[C@@H](O)C(C)(C)O)[C@H]1CC[C@]2(C)[C@@H]3CC=C4[C@H](CC[C@H](O[C@@H]5O[C@H](CO[C@@H]6O[C@H](CO)[C@@H](O)[C@H](O)[C@@H]6O)[C@@H](O[C@@H]6OC[C@@H](O)[C@H](O)[C@@H]6O)[C@@H](O)[C@H]5O)C4(C)C)[C@]3(C)CC[C@]12C. The Morgan fingerprint density at radius 1 is 0.712 bits per heavy atom. The fraction of sp³-hybridized carbons (Fsp3) is 0.957. The van der Waals surface area contributed by atoms with Crippen LogP contribution in [0.15, 0.2) is 11.6 Å². The summed E-state index contributed by atoms with van der Waals surface area (Å²) in [6.07, 6.45) is -18.8. The molecule has 13 N–H and O–H groups in total. The fourth-order valence-electron chi connectivity index (χ4n) is 13.9. The first-order valence-electron chi connectivity index (χ1n) is 24.0. The van der Waals surface area contributed by atoms with Crippen molar-refractivity contribution in [3.05, 3.63) is 11.6 Å². The lowest BCUT2D eigenvalue weighted by Gasteiger charge is -2.66. The van der Waals surface area contributed by atoms with Crippen LogP contribution >= 0.6 is 0 Å². The molecule has 4 aliphatic carbocycles. The highest BCUT2D eigenvalue weighted by Crippen LogP contribution is 2.75. The zero-order chi connectivity index (χ0) is 48.8. The molecule has 0 radical (unpaired) electrons. The third-order valence-corrected chi connectivity index (χ3v) is 18.4. The maximum absolute atomic E-state index is 11.7. The van der Waals surface area contributed by atoms with Gasteiger partial charge < -0.3 is 94.8 Å². The fourth-order valence-corrected chi connectivity index (χ4v) is 13.9. The normalized spacial score (nSPS) is 50.3. The Bertz CT molecular complexity index is 1690. The minimum Gasteiger partial charge on any atom is -0.394 e. The highest BCUT2D eigenvalue weighted by Gasteiger charge is 2.68. The van der Waals surface area contributed by atoms with Crippen molar-refractivity contribution in [3.8, 4) is 0 Å². The molecule has 0 unspecified atom stereocenters. The minimum absolute atomic E-state index is 0.0742.